The Bertz CT molecular complexity index is 365. The third kappa shape index (κ3) is 2.43. The summed E-state index contributed by atoms with van der Waals surface area (Å²) >= 11 is 3.53. The minimum absolute atomic E-state index is 0.283. The second-order valence-electron chi connectivity index (χ2n) is 5.26. The minimum Gasteiger partial charge on any atom is -0.294 e. The van der Waals surface area contributed by atoms with E-state index in [0.29, 0.717) is 0 Å². The summed E-state index contributed by atoms with van der Waals surface area (Å²) in [5.41, 5.74) is 3.27. The number of rotatable bonds is 0. The summed E-state index contributed by atoms with van der Waals surface area (Å²) in [6, 6.07) is 6.65. The smallest absolute Gasteiger partial charge is 0.0241 e. The molecule has 1 nitrogen and oxygen atoms in total. The Hall–Kier alpha value is -0.340. The van der Waals surface area contributed by atoms with Gasteiger partial charge in [0.2, 0.25) is 0 Å². The molecule has 1 aromatic rings. The van der Waals surface area contributed by atoms with Gasteiger partial charge in [0, 0.05) is 23.1 Å². The highest BCUT2D eigenvalue weighted by Crippen LogP contribution is 2.26. The van der Waals surface area contributed by atoms with E-state index in [4.69, 9.17) is 0 Å². The van der Waals surface area contributed by atoms with Crippen molar-refractivity contribution in [2.45, 2.75) is 39.3 Å². The molecule has 1 heterocycles. The zero-order chi connectivity index (χ0) is 11.1. The maximum atomic E-state index is 3.53. The quantitative estimate of drug-likeness (QED) is 0.694. The lowest BCUT2D eigenvalue weighted by Crippen LogP contribution is -2.44. The number of nitrogens with zero attached hydrogens (tertiary/aromatic N) is 1. The van der Waals surface area contributed by atoms with Crippen LogP contribution in [-0.2, 0) is 13.0 Å². The molecule has 0 saturated heterocycles. The average Bonchev–Trinajstić information content (AvgIpc) is 2.15. The van der Waals surface area contributed by atoms with Crippen molar-refractivity contribution in [1.82, 2.24) is 4.90 Å². The van der Waals surface area contributed by atoms with Gasteiger partial charge in [0.25, 0.3) is 0 Å². The van der Waals surface area contributed by atoms with E-state index >= 15 is 0 Å². The number of benzene rings is 1. The van der Waals surface area contributed by atoms with Gasteiger partial charge in [-0.1, -0.05) is 22.0 Å². The Labute approximate surface area is 101 Å². The van der Waals surface area contributed by atoms with Gasteiger partial charge in [-0.25, -0.2) is 0 Å². The van der Waals surface area contributed by atoms with E-state index in [9.17, 15) is 0 Å². The molecule has 0 bridgehead atoms. The zero-order valence-electron chi connectivity index (χ0n) is 9.68. The number of halogens is 1. The molecule has 15 heavy (non-hydrogen) atoms. The minimum atomic E-state index is 0.283. The van der Waals surface area contributed by atoms with Gasteiger partial charge >= 0.3 is 0 Å². The molecular weight excluding hydrogens is 250 g/mol. The zero-order valence-corrected chi connectivity index (χ0v) is 11.3. The largest absolute Gasteiger partial charge is 0.294 e. The lowest BCUT2D eigenvalue weighted by atomic mass is 9.95. The molecule has 2 heteroatoms. The molecule has 1 aliphatic rings. The first-order valence-electron chi connectivity index (χ1n) is 5.49. The van der Waals surface area contributed by atoms with E-state index in [0.717, 1.165) is 6.54 Å². The first-order chi connectivity index (χ1) is 6.97. The lowest BCUT2D eigenvalue weighted by molar-refractivity contribution is 0.121. The van der Waals surface area contributed by atoms with Gasteiger partial charge in [0.15, 0.2) is 0 Å². The normalized spacial score (nSPS) is 17.6. The van der Waals surface area contributed by atoms with Crippen LogP contribution in [0.1, 0.15) is 31.9 Å². The van der Waals surface area contributed by atoms with E-state index in [2.05, 4.69) is 59.8 Å². The fourth-order valence-electron chi connectivity index (χ4n) is 2.09. The van der Waals surface area contributed by atoms with Crippen molar-refractivity contribution in [3.05, 3.63) is 33.8 Å². The maximum Gasteiger partial charge on any atom is 0.0241 e. The SMILES string of the molecule is CC(C)(C)N1CCc2cc(Br)ccc2C1. The van der Waals surface area contributed by atoms with Crippen molar-refractivity contribution in [2.24, 2.45) is 0 Å². The predicted molar refractivity (Wildman–Crippen MR) is 68.0 cm³/mol. The third-order valence-electron chi connectivity index (χ3n) is 3.13. The predicted octanol–water partition coefficient (Wildman–Crippen LogP) is 3.61. The maximum absolute atomic E-state index is 3.53. The van der Waals surface area contributed by atoms with E-state index < -0.39 is 0 Å². The third-order valence-corrected chi connectivity index (χ3v) is 3.62. The molecule has 0 radical (unpaired) electrons. The number of hydrogen-bond acceptors (Lipinski definition) is 1. The standard InChI is InChI=1S/C13H18BrN/c1-13(2,3)15-7-6-10-8-12(14)5-4-11(10)9-15/h4-5,8H,6-7,9H2,1-3H3. The summed E-state index contributed by atoms with van der Waals surface area (Å²) in [5, 5.41) is 0. The van der Waals surface area contributed by atoms with E-state index in [1.807, 2.05) is 0 Å². The summed E-state index contributed by atoms with van der Waals surface area (Å²) in [7, 11) is 0. The van der Waals surface area contributed by atoms with Crippen molar-refractivity contribution < 1.29 is 0 Å². The van der Waals surface area contributed by atoms with Gasteiger partial charge in [-0.3, -0.25) is 4.90 Å². The molecular formula is C13H18BrN. The molecule has 82 valence electrons. The molecule has 0 aromatic heterocycles. The van der Waals surface area contributed by atoms with E-state index in [1.165, 1.54) is 28.6 Å². The summed E-state index contributed by atoms with van der Waals surface area (Å²) in [6.45, 7) is 9.13. The molecule has 0 amide bonds. The molecule has 0 unspecified atom stereocenters. The molecule has 2 rings (SSSR count). The van der Waals surface area contributed by atoms with Crippen LogP contribution in [0.25, 0.3) is 0 Å². The van der Waals surface area contributed by atoms with Crippen LogP contribution in [-0.4, -0.2) is 17.0 Å². The molecule has 0 fully saturated rings. The summed E-state index contributed by atoms with van der Waals surface area (Å²) in [5.74, 6) is 0. The van der Waals surface area contributed by atoms with Gasteiger partial charge in [0.1, 0.15) is 0 Å². The van der Waals surface area contributed by atoms with Gasteiger partial charge in [-0.05, 0) is 50.5 Å². The Kier molecular flexibility index (Phi) is 2.91. The molecule has 0 saturated carbocycles. The summed E-state index contributed by atoms with van der Waals surface area (Å²) in [6.07, 6.45) is 1.17. The van der Waals surface area contributed by atoms with Crippen LogP contribution in [0.15, 0.2) is 22.7 Å². The first-order valence-corrected chi connectivity index (χ1v) is 6.28. The van der Waals surface area contributed by atoms with Gasteiger partial charge in [-0.2, -0.15) is 0 Å². The number of fused-ring (bicyclic) bond motifs is 1. The van der Waals surface area contributed by atoms with Gasteiger partial charge in [-0.15, -0.1) is 0 Å². The second-order valence-corrected chi connectivity index (χ2v) is 6.17. The summed E-state index contributed by atoms with van der Waals surface area (Å²) < 4.78 is 1.20. The molecule has 1 aliphatic heterocycles. The highest BCUT2D eigenvalue weighted by Gasteiger charge is 2.25. The summed E-state index contributed by atoms with van der Waals surface area (Å²) in [4.78, 5) is 2.54. The van der Waals surface area contributed by atoms with Gasteiger partial charge in [0.05, 0.1) is 0 Å². The van der Waals surface area contributed by atoms with Crippen LogP contribution in [0.2, 0.25) is 0 Å². The first kappa shape index (κ1) is 11.2. The molecule has 1 aromatic carbocycles. The van der Waals surface area contributed by atoms with Gasteiger partial charge < -0.3 is 0 Å². The van der Waals surface area contributed by atoms with Crippen molar-refractivity contribution in [3.8, 4) is 0 Å². The Morgan fingerprint density at radius 1 is 1.20 bits per heavy atom. The van der Waals surface area contributed by atoms with Crippen LogP contribution in [0.3, 0.4) is 0 Å². The Morgan fingerprint density at radius 2 is 1.93 bits per heavy atom. The monoisotopic (exact) mass is 267 g/mol. The van der Waals surface area contributed by atoms with E-state index in [1.54, 1.807) is 0 Å². The fourth-order valence-corrected chi connectivity index (χ4v) is 2.50. The molecule has 0 aliphatic carbocycles. The second kappa shape index (κ2) is 3.91. The lowest BCUT2D eigenvalue weighted by Gasteiger charge is -2.39. The van der Waals surface area contributed by atoms with Crippen LogP contribution in [0.5, 0.6) is 0 Å². The Morgan fingerprint density at radius 3 is 2.60 bits per heavy atom. The molecule has 0 spiro atoms. The van der Waals surface area contributed by atoms with Crippen LogP contribution < -0.4 is 0 Å². The van der Waals surface area contributed by atoms with Crippen molar-refractivity contribution in [2.75, 3.05) is 6.54 Å². The molecule has 0 atom stereocenters. The van der Waals surface area contributed by atoms with Crippen molar-refractivity contribution >= 4 is 15.9 Å². The average molecular weight is 268 g/mol. The fraction of sp³-hybridized carbons (Fsp3) is 0.538. The van der Waals surface area contributed by atoms with Crippen LogP contribution >= 0.6 is 15.9 Å². The van der Waals surface area contributed by atoms with Crippen molar-refractivity contribution in [1.29, 1.82) is 0 Å². The highest BCUT2D eigenvalue weighted by atomic mass is 79.9. The van der Waals surface area contributed by atoms with Crippen LogP contribution in [0, 0.1) is 0 Å². The number of hydrogen-bond donors (Lipinski definition) is 0. The molecule has 0 N–H and O–H groups in total. The van der Waals surface area contributed by atoms with Crippen LogP contribution in [0.4, 0.5) is 0 Å². The van der Waals surface area contributed by atoms with Crippen molar-refractivity contribution in [3.63, 3.8) is 0 Å². The van der Waals surface area contributed by atoms with E-state index in [-0.39, 0.29) is 5.54 Å². The topological polar surface area (TPSA) is 3.24 Å². The highest BCUT2D eigenvalue weighted by molar-refractivity contribution is 9.10. The Balaban J connectivity index is 2.24.